The van der Waals surface area contributed by atoms with E-state index in [1.165, 1.54) is 12.8 Å². The van der Waals surface area contributed by atoms with Crippen molar-refractivity contribution in [3.05, 3.63) is 29.8 Å². The highest BCUT2D eigenvalue weighted by atomic mass is 16.2. The molecule has 0 aliphatic heterocycles. The van der Waals surface area contributed by atoms with Crippen LogP contribution >= 0.6 is 0 Å². The van der Waals surface area contributed by atoms with Crippen LogP contribution in [0.25, 0.3) is 0 Å². The quantitative estimate of drug-likeness (QED) is 0.833. The fraction of sp³-hybridized carbons (Fsp3) is 0.533. The first kappa shape index (κ1) is 12.9. The Labute approximate surface area is 109 Å². The molecule has 2 unspecified atom stereocenters. The molecule has 2 N–H and O–H groups in total. The van der Waals surface area contributed by atoms with Gasteiger partial charge in [-0.15, -0.1) is 0 Å². The van der Waals surface area contributed by atoms with E-state index in [0.717, 1.165) is 17.7 Å². The summed E-state index contributed by atoms with van der Waals surface area (Å²) in [6.07, 6.45) is 3.41. The van der Waals surface area contributed by atoms with E-state index in [4.69, 9.17) is 5.73 Å². The van der Waals surface area contributed by atoms with Gasteiger partial charge in [-0.1, -0.05) is 25.5 Å². The zero-order chi connectivity index (χ0) is 13.1. The number of carbonyl (C=O) groups is 1. The maximum Gasteiger partial charge on any atom is 0.225 e. The molecule has 1 amide bonds. The topological polar surface area (TPSA) is 46.3 Å². The molecule has 1 aromatic carbocycles. The first-order valence-corrected chi connectivity index (χ1v) is 6.67. The molecular formula is C15H22N2O. The van der Waals surface area contributed by atoms with Crippen LogP contribution in [0.3, 0.4) is 0 Å². The van der Waals surface area contributed by atoms with Gasteiger partial charge in [-0.25, -0.2) is 0 Å². The van der Waals surface area contributed by atoms with Gasteiger partial charge in [-0.05, 0) is 36.5 Å². The van der Waals surface area contributed by atoms with E-state index in [9.17, 15) is 4.79 Å². The molecule has 0 heterocycles. The summed E-state index contributed by atoms with van der Waals surface area (Å²) in [6, 6.07) is 7.74. The summed E-state index contributed by atoms with van der Waals surface area (Å²) in [4.78, 5) is 14.2. The predicted octanol–water partition coefficient (Wildman–Crippen LogP) is 2.66. The lowest BCUT2D eigenvalue weighted by Gasteiger charge is -2.23. The van der Waals surface area contributed by atoms with Crippen molar-refractivity contribution in [2.75, 3.05) is 12.8 Å². The molecule has 18 heavy (non-hydrogen) atoms. The summed E-state index contributed by atoms with van der Waals surface area (Å²) in [7, 11) is 1.89. The second kappa shape index (κ2) is 5.42. The zero-order valence-corrected chi connectivity index (χ0v) is 11.2. The van der Waals surface area contributed by atoms with Crippen molar-refractivity contribution in [2.24, 2.45) is 11.8 Å². The standard InChI is InChI=1S/C15H22N2O/c1-11-5-3-8-14(11)15(18)17(2)10-12-6-4-7-13(16)9-12/h4,6-7,9,11,14H,3,5,8,10,16H2,1-2H3. The van der Waals surface area contributed by atoms with Crippen LogP contribution in [0.15, 0.2) is 24.3 Å². The third-order valence-corrected chi connectivity index (χ3v) is 3.93. The average molecular weight is 246 g/mol. The van der Waals surface area contributed by atoms with Crippen LogP contribution < -0.4 is 5.73 Å². The lowest BCUT2D eigenvalue weighted by molar-refractivity contribution is -0.135. The Morgan fingerprint density at radius 1 is 1.44 bits per heavy atom. The van der Waals surface area contributed by atoms with Gasteiger partial charge in [-0.3, -0.25) is 4.79 Å². The number of nitrogens with zero attached hydrogens (tertiary/aromatic N) is 1. The minimum atomic E-state index is 0.219. The average Bonchev–Trinajstić information content (AvgIpc) is 2.74. The Bertz CT molecular complexity index is 430. The first-order chi connectivity index (χ1) is 8.58. The third-order valence-electron chi connectivity index (χ3n) is 3.93. The first-order valence-electron chi connectivity index (χ1n) is 6.67. The van der Waals surface area contributed by atoms with Gasteiger partial charge in [0.1, 0.15) is 0 Å². The molecule has 0 radical (unpaired) electrons. The molecule has 0 saturated heterocycles. The van der Waals surface area contributed by atoms with Crippen LogP contribution in [0, 0.1) is 11.8 Å². The maximum atomic E-state index is 12.3. The van der Waals surface area contributed by atoms with Crippen LogP contribution in [0.5, 0.6) is 0 Å². The minimum absolute atomic E-state index is 0.219. The molecule has 2 atom stereocenters. The van der Waals surface area contributed by atoms with Crippen LogP contribution in [-0.2, 0) is 11.3 Å². The highest BCUT2D eigenvalue weighted by Gasteiger charge is 2.31. The summed E-state index contributed by atoms with van der Waals surface area (Å²) in [5.41, 5.74) is 7.60. The summed E-state index contributed by atoms with van der Waals surface area (Å²) < 4.78 is 0. The Morgan fingerprint density at radius 3 is 2.83 bits per heavy atom. The smallest absolute Gasteiger partial charge is 0.225 e. The van der Waals surface area contributed by atoms with Crippen molar-refractivity contribution in [2.45, 2.75) is 32.7 Å². The highest BCUT2D eigenvalue weighted by molar-refractivity contribution is 5.79. The third kappa shape index (κ3) is 2.84. The van der Waals surface area contributed by atoms with Crippen molar-refractivity contribution < 1.29 is 4.79 Å². The monoisotopic (exact) mass is 246 g/mol. The number of amides is 1. The second-order valence-corrected chi connectivity index (χ2v) is 5.45. The van der Waals surface area contributed by atoms with Crippen molar-refractivity contribution in [3.8, 4) is 0 Å². The minimum Gasteiger partial charge on any atom is -0.399 e. The van der Waals surface area contributed by atoms with Crippen molar-refractivity contribution >= 4 is 11.6 Å². The molecule has 1 aliphatic rings. The number of hydrogen-bond donors (Lipinski definition) is 1. The summed E-state index contributed by atoms with van der Waals surface area (Å²) >= 11 is 0. The maximum absolute atomic E-state index is 12.3. The highest BCUT2D eigenvalue weighted by Crippen LogP contribution is 2.32. The van der Waals surface area contributed by atoms with Crippen LogP contribution in [0.1, 0.15) is 31.7 Å². The normalized spacial score (nSPS) is 23.0. The van der Waals surface area contributed by atoms with Crippen LogP contribution in [0.2, 0.25) is 0 Å². The summed E-state index contributed by atoms with van der Waals surface area (Å²) in [6.45, 7) is 2.83. The zero-order valence-electron chi connectivity index (χ0n) is 11.2. The van der Waals surface area contributed by atoms with Gasteiger partial charge >= 0.3 is 0 Å². The Kier molecular flexibility index (Phi) is 3.90. The molecular weight excluding hydrogens is 224 g/mol. The molecule has 98 valence electrons. The molecule has 0 spiro atoms. The molecule has 0 bridgehead atoms. The van der Waals surface area contributed by atoms with E-state index in [0.29, 0.717) is 12.5 Å². The van der Waals surface area contributed by atoms with E-state index in [-0.39, 0.29) is 11.8 Å². The number of carbonyl (C=O) groups excluding carboxylic acids is 1. The van der Waals surface area contributed by atoms with E-state index in [2.05, 4.69) is 6.92 Å². The SMILES string of the molecule is CC1CCCC1C(=O)N(C)Cc1cccc(N)c1. The predicted molar refractivity (Wildman–Crippen MR) is 73.8 cm³/mol. The molecule has 1 aromatic rings. The van der Waals surface area contributed by atoms with Gasteiger partial charge in [0.15, 0.2) is 0 Å². The molecule has 1 saturated carbocycles. The molecule has 2 rings (SSSR count). The summed E-state index contributed by atoms with van der Waals surface area (Å²) in [5, 5.41) is 0. The second-order valence-electron chi connectivity index (χ2n) is 5.45. The Hall–Kier alpha value is -1.51. The molecule has 3 heteroatoms. The van der Waals surface area contributed by atoms with E-state index < -0.39 is 0 Å². The number of anilines is 1. The van der Waals surface area contributed by atoms with Gasteiger partial charge < -0.3 is 10.6 Å². The van der Waals surface area contributed by atoms with E-state index >= 15 is 0 Å². The molecule has 1 aliphatic carbocycles. The van der Waals surface area contributed by atoms with Gasteiger partial charge in [0.05, 0.1) is 0 Å². The lowest BCUT2D eigenvalue weighted by Crippen LogP contribution is -2.33. The fourth-order valence-electron chi connectivity index (χ4n) is 2.84. The number of rotatable bonds is 3. The van der Waals surface area contributed by atoms with Crippen LogP contribution in [-0.4, -0.2) is 17.9 Å². The Morgan fingerprint density at radius 2 is 2.22 bits per heavy atom. The van der Waals surface area contributed by atoms with Gasteiger partial charge in [-0.2, -0.15) is 0 Å². The molecule has 1 fully saturated rings. The number of nitrogen functional groups attached to an aromatic ring is 1. The lowest BCUT2D eigenvalue weighted by atomic mass is 9.96. The largest absolute Gasteiger partial charge is 0.399 e. The van der Waals surface area contributed by atoms with Crippen molar-refractivity contribution in [1.82, 2.24) is 4.90 Å². The van der Waals surface area contributed by atoms with Crippen LogP contribution in [0.4, 0.5) is 5.69 Å². The molecule has 3 nitrogen and oxygen atoms in total. The van der Waals surface area contributed by atoms with E-state index in [1.807, 2.05) is 36.2 Å². The fourth-order valence-corrected chi connectivity index (χ4v) is 2.84. The Balaban J connectivity index is 1.99. The van der Waals surface area contributed by atoms with E-state index in [1.54, 1.807) is 0 Å². The van der Waals surface area contributed by atoms with Crippen molar-refractivity contribution in [3.63, 3.8) is 0 Å². The van der Waals surface area contributed by atoms with Crippen molar-refractivity contribution in [1.29, 1.82) is 0 Å². The number of hydrogen-bond acceptors (Lipinski definition) is 2. The van der Waals surface area contributed by atoms with Gasteiger partial charge in [0.2, 0.25) is 5.91 Å². The summed E-state index contributed by atoms with van der Waals surface area (Å²) in [5.74, 6) is 1.03. The number of benzene rings is 1. The van der Waals surface area contributed by atoms with Gasteiger partial charge in [0, 0.05) is 25.2 Å². The number of nitrogens with two attached hydrogens (primary N) is 1. The molecule has 0 aromatic heterocycles. The van der Waals surface area contributed by atoms with Gasteiger partial charge in [0.25, 0.3) is 0 Å².